The molecule has 2 heterocycles. The second kappa shape index (κ2) is 10.2. The van der Waals surface area contributed by atoms with E-state index in [9.17, 15) is 26.4 Å². The minimum absolute atomic E-state index is 0.0954. The van der Waals surface area contributed by atoms with E-state index in [0.717, 1.165) is 16.8 Å². The molecule has 3 atom stereocenters. The van der Waals surface area contributed by atoms with E-state index in [1.165, 1.54) is 10.5 Å². The van der Waals surface area contributed by atoms with Gasteiger partial charge in [0.2, 0.25) is 15.8 Å². The molecule has 1 saturated heterocycles. The molecule has 35 heavy (non-hydrogen) atoms. The highest BCUT2D eigenvalue weighted by Gasteiger charge is 2.33. The molecule has 1 aliphatic heterocycles. The summed E-state index contributed by atoms with van der Waals surface area (Å²) in [6.45, 7) is 4.52. The van der Waals surface area contributed by atoms with Gasteiger partial charge in [-0.3, -0.25) is 4.79 Å². The quantitative estimate of drug-likeness (QED) is 0.565. The SMILES string of the molecule is CCC(C)S(=O)(=O)N1CCN(c2cnn(-c3cc(F)cc(F)c3)c(=O)c2OC2CCC(F)C2)CC1. The smallest absolute Gasteiger partial charge is 0.316 e. The van der Waals surface area contributed by atoms with Gasteiger partial charge in [0.1, 0.15) is 29.6 Å². The summed E-state index contributed by atoms with van der Waals surface area (Å²) in [4.78, 5) is 15.2. The van der Waals surface area contributed by atoms with Gasteiger partial charge in [-0.15, -0.1) is 0 Å². The Morgan fingerprint density at radius 2 is 1.77 bits per heavy atom. The third kappa shape index (κ3) is 5.32. The summed E-state index contributed by atoms with van der Waals surface area (Å²) >= 11 is 0. The van der Waals surface area contributed by atoms with Crippen molar-refractivity contribution in [3.05, 3.63) is 46.4 Å². The number of halogens is 3. The second-order valence-corrected chi connectivity index (χ2v) is 11.4. The molecule has 1 aromatic carbocycles. The van der Waals surface area contributed by atoms with Crippen molar-refractivity contribution in [2.75, 3.05) is 31.1 Å². The van der Waals surface area contributed by atoms with Crippen molar-refractivity contribution in [3.63, 3.8) is 0 Å². The standard InChI is InChI=1S/C23H29F3N4O4S/c1-3-15(2)35(32,33)29-8-6-28(7-9-29)21-14-27-30(19-11-17(25)10-18(26)12-19)23(31)22(21)34-20-5-4-16(24)13-20/h10-12,14-16,20H,3-9,13H2,1-2H3. The van der Waals surface area contributed by atoms with E-state index in [0.29, 0.717) is 44.1 Å². The van der Waals surface area contributed by atoms with Crippen molar-refractivity contribution < 1.29 is 26.3 Å². The lowest BCUT2D eigenvalue weighted by Gasteiger charge is -2.37. The molecular formula is C23H29F3N4O4S. The first-order chi connectivity index (χ1) is 16.6. The highest BCUT2D eigenvalue weighted by Crippen LogP contribution is 2.31. The topological polar surface area (TPSA) is 84.7 Å². The van der Waals surface area contributed by atoms with Crippen LogP contribution >= 0.6 is 0 Å². The number of hydrogen-bond acceptors (Lipinski definition) is 6. The Balaban J connectivity index is 1.66. The normalized spacial score (nSPS) is 22.4. The van der Waals surface area contributed by atoms with E-state index in [1.54, 1.807) is 11.8 Å². The average molecular weight is 515 g/mol. The van der Waals surface area contributed by atoms with Gasteiger partial charge in [-0.25, -0.2) is 21.6 Å². The summed E-state index contributed by atoms with van der Waals surface area (Å²) < 4.78 is 75.0. The third-order valence-corrected chi connectivity index (χ3v) is 9.07. The number of sulfonamides is 1. The second-order valence-electron chi connectivity index (χ2n) is 9.00. The molecule has 2 aliphatic rings. The van der Waals surface area contributed by atoms with Crippen LogP contribution in [0.3, 0.4) is 0 Å². The summed E-state index contributed by atoms with van der Waals surface area (Å²) in [7, 11) is -3.43. The molecule has 12 heteroatoms. The summed E-state index contributed by atoms with van der Waals surface area (Å²) in [6, 6.07) is 2.65. The van der Waals surface area contributed by atoms with Crippen LogP contribution in [0.2, 0.25) is 0 Å². The van der Waals surface area contributed by atoms with E-state index < -0.39 is 44.7 Å². The molecule has 0 bridgehead atoms. The third-order valence-electron chi connectivity index (χ3n) is 6.63. The van der Waals surface area contributed by atoms with Gasteiger partial charge in [0, 0.05) is 38.7 Å². The Kier molecular flexibility index (Phi) is 7.41. The number of rotatable bonds is 7. The van der Waals surface area contributed by atoms with Crippen LogP contribution in [0.5, 0.6) is 5.75 Å². The fourth-order valence-electron chi connectivity index (χ4n) is 4.42. The predicted octanol–water partition coefficient (Wildman–Crippen LogP) is 3.03. The molecule has 2 fully saturated rings. The van der Waals surface area contributed by atoms with Gasteiger partial charge < -0.3 is 9.64 Å². The summed E-state index contributed by atoms with van der Waals surface area (Å²) in [5.41, 5.74) is -0.501. The zero-order valence-electron chi connectivity index (χ0n) is 19.7. The molecule has 8 nitrogen and oxygen atoms in total. The highest BCUT2D eigenvalue weighted by molar-refractivity contribution is 7.89. The number of benzene rings is 1. The van der Waals surface area contributed by atoms with E-state index in [-0.39, 0.29) is 30.9 Å². The minimum atomic E-state index is -3.43. The Morgan fingerprint density at radius 1 is 1.11 bits per heavy atom. The molecule has 3 unspecified atom stereocenters. The molecule has 4 rings (SSSR count). The molecule has 1 saturated carbocycles. The van der Waals surface area contributed by atoms with Crippen molar-refractivity contribution >= 4 is 15.7 Å². The zero-order chi connectivity index (χ0) is 25.3. The molecule has 0 spiro atoms. The highest BCUT2D eigenvalue weighted by atomic mass is 32.2. The lowest BCUT2D eigenvalue weighted by atomic mass is 10.2. The van der Waals surface area contributed by atoms with Crippen molar-refractivity contribution in [2.45, 2.75) is 57.1 Å². The van der Waals surface area contributed by atoms with Crippen molar-refractivity contribution in [3.8, 4) is 11.4 Å². The largest absolute Gasteiger partial charge is 0.483 e. The van der Waals surface area contributed by atoms with Gasteiger partial charge in [0.15, 0.2) is 0 Å². The van der Waals surface area contributed by atoms with Gasteiger partial charge in [-0.05, 0) is 38.3 Å². The molecule has 2 aromatic rings. The first-order valence-electron chi connectivity index (χ1n) is 11.7. The van der Waals surface area contributed by atoms with Crippen LogP contribution in [-0.4, -0.2) is 66.2 Å². The number of nitrogens with zero attached hydrogens (tertiary/aromatic N) is 4. The Bertz CT molecular complexity index is 1210. The Morgan fingerprint density at radius 3 is 2.34 bits per heavy atom. The van der Waals surface area contributed by atoms with Gasteiger partial charge >= 0.3 is 5.56 Å². The van der Waals surface area contributed by atoms with Gasteiger partial charge in [0.05, 0.1) is 17.1 Å². The predicted molar refractivity (Wildman–Crippen MR) is 125 cm³/mol. The number of aromatic nitrogens is 2. The fourth-order valence-corrected chi connectivity index (χ4v) is 6.02. The maximum atomic E-state index is 13.8. The summed E-state index contributed by atoms with van der Waals surface area (Å²) in [5.74, 6) is -1.83. The molecule has 192 valence electrons. The van der Waals surface area contributed by atoms with Crippen LogP contribution in [0.4, 0.5) is 18.9 Å². The summed E-state index contributed by atoms with van der Waals surface area (Å²) in [6.07, 6.45) is 1.19. The number of hydrogen-bond donors (Lipinski definition) is 0. The van der Waals surface area contributed by atoms with Gasteiger partial charge in [-0.2, -0.15) is 14.1 Å². The van der Waals surface area contributed by atoms with Crippen molar-refractivity contribution in [1.29, 1.82) is 0 Å². The van der Waals surface area contributed by atoms with E-state index in [2.05, 4.69) is 5.10 Å². The van der Waals surface area contributed by atoms with E-state index in [4.69, 9.17) is 4.74 Å². The molecule has 0 radical (unpaired) electrons. The first kappa shape index (κ1) is 25.5. The van der Waals surface area contributed by atoms with Crippen LogP contribution < -0.4 is 15.2 Å². The summed E-state index contributed by atoms with van der Waals surface area (Å²) in [5, 5.41) is 3.61. The maximum absolute atomic E-state index is 13.8. The molecule has 0 amide bonds. The van der Waals surface area contributed by atoms with E-state index in [1.807, 2.05) is 6.92 Å². The van der Waals surface area contributed by atoms with Crippen LogP contribution in [0.25, 0.3) is 5.69 Å². The van der Waals surface area contributed by atoms with Crippen LogP contribution in [0, 0.1) is 11.6 Å². The van der Waals surface area contributed by atoms with Crippen LogP contribution in [0.1, 0.15) is 39.5 Å². The molecule has 1 aliphatic carbocycles. The van der Waals surface area contributed by atoms with Crippen LogP contribution in [0.15, 0.2) is 29.2 Å². The number of ether oxygens (including phenoxy) is 1. The number of anilines is 1. The lowest BCUT2D eigenvalue weighted by Crippen LogP contribution is -2.51. The number of alkyl halides is 1. The van der Waals surface area contributed by atoms with Gasteiger partial charge in [-0.1, -0.05) is 6.92 Å². The van der Waals surface area contributed by atoms with E-state index >= 15 is 0 Å². The molecule has 0 N–H and O–H groups in total. The minimum Gasteiger partial charge on any atom is -0.483 e. The maximum Gasteiger partial charge on any atom is 0.316 e. The molecular weight excluding hydrogens is 485 g/mol. The monoisotopic (exact) mass is 514 g/mol. The lowest BCUT2D eigenvalue weighted by molar-refractivity contribution is 0.193. The van der Waals surface area contributed by atoms with Crippen LogP contribution in [-0.2, 0) is 10.0 Å². The van der Waals surface area contributed by atoms with Crippen molar-refractivity contribution in [2.24, 2.45) is 0 Å². The average Bonchev–Trinajstić information content (AvgIpc) is 3.23. The zero-order valence-corrected chi connectivity index (χ0v) is 20.5. The number of piperazine rings is 1. The first-order valence-corrected chi connectivity index (χ1v) is 13.2. The van der Waals surface area contributed by atoms with Gasteiger partial charge in [0.25, 0.3) is 0 Å². The molecule has 1 aromatic heterocycles. The fraction of sp³-hybridized carbons (Fsp3) is 0.565. The van der Waals surface area contributed by atoms with Crippen molar-refractivity contribution in [1.82, 2.24) is 14.1 Å². The Labute approximate surface area is 202 Å². The Hall–Kier alpha value is -2.60.